The number of carboxylic acid groups (broad SMARTS) is 1. The number of hydrogen-bond acceptors (Lipinski definition) is 8. The molecule has 0 aliphatic rings. The van der Waals surface area contributed by atoms with Gasteiger partial charge in [-0.1, -0.05) is 18.2 Å². The maximum Gasteiger partial charge on any atom is 0.320 e. The van der Waals surface area contributed by atoms with E-state index in [-0.39, 0.29) is 18.7 Å². The van der Waals surface area contributed by atoms with Gasteiger partial charge in [-0.3, -0.25) is 4.79 Å². The molecular weight excluding hydrogens is 581 g/mol. The van der Waals surface area contributed by atoms with Crippen LogP contribution < -0.4 is 10.6 Å². The highest BCUT2D eigenvalue weighted by molar-refractivity contribution is 6.18. The van der Waals surface area contributed by atoms with E-state index in [0.717, 1.165) is 36.5 Å². The highest BCUT2D eigenvalue weighted by Crippen LogP contribution is 2.28. The van der Waals surface area contributed by atoms with Crippen molar-refractivity contribution in [1.29, 1.82) is 0 Å². The molecule has 4 rings (SSSR count). The predicted molar refractivity (Wildman–Crippen MR) is 150 cm³/mol. The summed E-state index contributed by atoms with van der Waals surface area (Å²) >= 11 is 11.5. The number of anilines is 1. The lowest BCUT2D eigenvalue weighted by molar-refractivity contribution is -0.138. The summed E-state index contributed by atoms with van der Waals surface area (Å²) in [4.78, 5) is 20.3. The molecule has 0 unspecified atom stereocenters. The summed E-state index contributed by atoms with van der Waals surface area (Å²) in [6, 6.07) is 9.79. The van der Waals surface area contributed by atoms with Gasteiger partial charge in [-0.15, -0.1) is 23.2 Å². The second-order valence-corrected chi connectivity index (χ2v) is 9.78. The average Bonchev–Trinajstić information content (AvgIpc) is 3.64. The van der Waals surface area contributed by atoms with Crippen LogP contribution in [0.5, 0.6) is 0 Å². The summed E-state index contributed by atoms with van der Waals surface area (Å²) in [5, 5.41) is 27.5. The van der Waals surface area contributed by atoms with E-state index in [1.807, 2.05) is 24.3 Å². The van der Waals surface area contributed by atoms with Gasteiger partial charge in [0, 0.05) is 42.2 Å². The molecule has 0 aliphatic carbocycles. The van der Waals surface area contributed by atoms with Gasteiger partial charge in [-0.2, -0.15) is 10.2 Å². The molecule has 0 aliphatic heterocycles. The molecule has 0 spiro atoms. The van der Waals surface area contributed by atoms with Crippen molar-refractivity contribution in [1.82, 2.24) is 29.5 Å². The number of nitrogens with two attached hydrogens (primary N) is 1. The Balaban J connectivity index is 0.000000229. The Hall–Kier alpha value is -3.65. The van der Waals surface area contributed by atoms with Crippen LogP contribution in [0.25, 0.3) is 0 Å². The third-order valence-electron chi connectivity index (χ3n) is 6.00. The molecule has 2 aromatic heterocycles. The lowest BCUT2D eigenvalue weighted by Crippen LogP contribution is -2.37. The molecule has 1 atom stereocenters. The molecule has 4 N–H and O–H groups in total. The van der Waals surface area contributed by atoms with Crippen molar-refractivity contribution in [2.45, 2.75) is 31.2 Å². The predicted octanol–water partition coefficient (Wildman–Crippen LogP) is 2.66. The second kappa shape index (κ2) is 15.4. The lowest BCUT2D eigenvalue weighted by Gasteiger charge is -2.28. The van der Waals surface area contributed by atoms with E-state index in [1.54, 1.807) is 0 Å². The van der Waals surface area contributed by atoms with Crippen LogP contribution >= 0.6 is 23.2 Å². The number of aliphatic carboxylic acids is 1. The zero-order valence-corrected chi connectivity index (χ0v) is 23.4. The number of carboxylic acids is 1. The van der Waals surface area contributed by atoms with Crippen molar-refractivity contribution in [2.24, 2.45) is 5.73 Å². The van der Waals surface area contributed by atoms with Crippen LogP contribution in [0.3, 0.4) is 0 Å². The van der Waals surface area contributed by atoms with Gasteiger partial charge in [0.15, 0.2) is 0 Å². The van der Waals surface area contributed by atoms with Gasteiger partial charge < -0.3 is 20.8 Å². The van der Waals surface area contributed by atoms with Gasteiger partial charge in [0.05, 0.1) is 13.1 Å². The van der Waals surface area contributed by atoms with E-state index in [1.165, 1.54) is 40.7 Å². The molecule has 0 fully saturated rings. The minimum Gasteiger partial charge on any atom is -0.480 e. The maximum atomic E-state index is 14.1. The van der Waals surface area contributed by atoms with Crippen LogP contribution in [-0.4, -0.2) is 76.6 Å². The topological polar surface area (TPSA) is 148 Å². The normalized spacial score (nSPS) is 12.0. The number of halogens is 4. The molecule has 4 aromatic rings. The first kappa shape index (κ1) is 31.9. The summed E-state index contributed by atoms with van der Waals surface area (Å²) in [6.45, 7) is 1.30. The summed E-state index contributed by atoms with van der Waals surface area (Å²) < 4.78 is 29.9. The minimum atomic E-state index is -1.70. The molecule has 2 aromatic carbocycles. The first-order valence-corrected chi connectivity index (χ1v) is 13.5. The van der Waals surface area contributed by atoms with Gasteiger partial charge in [-0.05, 0) is 30.2 Å². The van der Waals surface area contributed by atoms with Gasteiger partial charge in [0.1, 0.15) is 48.6 Å². The van der Waals surface area contributed by atoms with Gasteiger partial charge in [0.25, 0.3) is 0 Å². The summed E-state index contributed by atoms with van der Waals surface area (Å²) in [7, 11) is 0. The SMILES string of the molecule is N[C@@H](Cc1ccc(N(CCCl)CCCl)cc1)C(=O)O.OC(Cn1cncn1)(Cn1cncn1)c1ccc(F)cc1F. The van der Waals surface area contributed by atoms with Gasteiger partial charge in [0.2, 0.25) is 0 Å². The van der Waals surface area contributed by atoms with Gasteiger partial charge in [-0.25, -0.2) is 28.1 Å². The summed E-state index contributed by atoms with van der Waals surface area (Å²) in [5.41, 5.74) is 5.67. The molecule has 0 amide bonds. The average molecular weight is 611 g/mol. The highest BCUT2D eigenvalue weighted by atomic mass is 35.5. The van der Waals surface area contributed by atoms with Crippen molar-refractivity contribution < 1.29 is 23.8 Å². The second-order valence-electron chi connectivity index (χ2n) is 9.02. The number of aromatic nitrogens is 6. The fourth-order valence-electron chi connectivity index (χ4n) is 4.01. The van der Waals surface area contributed by atoms with Crippen molar-refractivity contribution in [3.8, 4) is 0 Å². The van der Waals surface area contributed by atoms with E-state index in [2.05, 4.69) is 25.1 Å². The smallest absolute Gasteiger partial charge is 0.320 e. The van der Waals surface area contributed by atoms with E-state index >= 15 is 0 Å². The Morgan fingerprint density at radius 2 is 1.54 bits per heavy atom. The molecule has 11 nitrogen and oxygen atoms in total. The third-order valence-corrected chi connectivity index (χ3v) is 6.33. The fraction of sp³-hybridized carbons (Fsp3) is 0.346. The largest absolute Gasteiger partial charge is 0.480 e. The first-order chi connectivity index (χ1) is 19.6. The molecule has 41 heavy (non-hydrogen) atoms. The van der Waals surface area contributed by atoms with Crippen LogP contribution in [0.2, 0.25) is 0 Å². The zero-order chi connectivity index (χ0) is 29.8. The van der Waals surface area contributed by atoms with Crippen LogP contribution in [0.1, 0.15) is 11.1 Å². The summed E-state index contributed by atoms with van der Waals surface area (Å²) in [5.74, 6) is -1.49. The molecule has 0 saturated carbocycles. The Bertz CT molecular complexity index is 1300. The van der Waals surface area contributed by atoms with Crippen LogP contribution in [0.4, 0.5) is 14.5 Å². The van der Waals surface area contributed by atoms with Crippen LogP contribution in [0, 0.1) is 11.6 Å². The van der Waals surface area contributed by atoms with E-state index in [4.69, 9.17) is 34.0 Å². The molecule has 0 radical (unpaired) electrons. The lowest BCUT2D eigenvalue weighted by atomic mass is 9.93. The minimum absolute atomic E-state index is 0.0556. The Labute approximate surface area is 245 Å². The number of nitrogens with zero attached hydrogens (tertiary/aromatic N) is 7. The van der Waals surface area contributed by atoms with Crippen molar-refractivity contribution >= 4 is 34.9 Å². The molecular formula is C26H30Cl2F2N8O3. The monoisotopic (exact) mass is 610 g/mol. The number of rotatable bonds is 13. The van der Waals surface area contributed by atoms with Crippen molar-refractivity contribution in [2.75, 3.05) is 29.7 Å². The quantitative estimate of drug-likeness (QED) is 0.194. The molecule has 15 heteroatoms. The van der Waals surface area contributed by atoms with Crippen molar-refractivity contribution in [3.05, 3.63) is 90.5 Å². The number of carbonyl (C=O) groups is 1. The van der Waals surface area contributed by atoms with Crippen LogP contribution in [-0.2, 0) is 29.9 Å². The van der Waals surface area contributed by atoms with E-state index in [9.17, 15) is 18.7 Å². The van der Waals surface area contributed by atoms with Crippen molar-refractivity contribution in [3.63, 3.8) is 0 Å². The number of aliphatic hydroxyl groups is 1. The number of alkyl halides is 2. The molecule has 0 saturated heterocycles. The van der Waals surface area contributed by atoms with E-state index < -0.39 is 29.2 Å². The maximum absolute atomic E-state index is 14.1. The molecule has 220 valence electrons. The third kappa shape index (κ3) is 9.46. The molecule has 0 bridgehead atoms. The number of benzene rings is 2. The molecule has 2 heterocycles. The number of hydrogen-bond donors (Lipinski definition) is 3. The van der Waals surface area contributed by atoms with E-state index in [0.29, 0.717) is 18.2 Å². The van der Waals surface area contributed by atoms with Crippen LogP contribution in [0.15, 0.2) is 67.8 Å². The summed E-state index contributed by atoms with van der Waals surface area (Å²) in [6.07, 6.45) is 5.72. The zero-order valence-electron chi connectivity index (χ0n) is 21.9. The Morgan fingerprint density at radius 1 is 0.976 bits per heavy atom. The Kier molecular flexibility index (Phi) is 12.0. The Morgan fingerprint density at radius 3 is 1.98 bits per heavy atom. The first-order valence-electron chi connectivity index (χ1n) is 12.4. The highest BCUT2D eigenvalue weighted by Gasteiger charge is 2.34. The standard InChI is InChI=1S/C13H18Cl2N2O2.C13H12F2N6O/c14-5-7-17(8-6-15)11-3-1-10(2-4-11)9-12(16)13(18)19;14-10-1-2-11(12(15)3-10)13(22,4-20-8-16-6-18-20)5-21-9-17-7-19-21/h1-4,12H,5-9,16H2,(H,18,19);1-3,6-9,22H,4-5H2/t12-;/m0./s1. The van der Waals surface area contributed by atoms with Gasteiger partial charge >= 0.3 is 5.97 Å². The fourth-order valence-corrected chi connectivity index (χ4v) is 4.42.